The van der Waals surface area contributed by atoms with Gasteiger partial charge in [0.1, 0.15) is 40.7 Å². The number of β-amino-alcohol motifs (C(OH)–C–C–N with tert-alkyl or cyclic N) is 1. The van der Waals surface area contributed by atoms with Crippen molar-refractivity contribution >= 4 is 54.2 Å². The molecule has 0 spiro atoms. The summed E-state index contributed by atoms with van der Waals surface area (Å²) in [7, 11) is 0. The second kappa shape index (κ2) is 11.2. The Bertz CT molecular complexity index is 2100. The number of nitrogens with zero attached hydrogens (tertiary/aromatic N) is 6. The Morgan fingerprint density at radius 1 is 1.23 bits per heavy atom. The number of hydrogen-bond acceptors (Lipinski definition) is 11. The van der Waals surface area contributed by atoms with Crippen LogP contribution in [0.25, 0.3) is 42.5 Å². The van der Waals surface area contributed by atoms with Crippen molar-refractivity contribution in [1.29, 1.82) is 0 Å². The number of nitrogen functional groups attached to an aromatic ring is 1. The van der Waals surface area contributed by atoms with Crippen LogP contribution < -0.4 is 15.4 Å². The monoisotopic (exact) mass is 657 g/mol. The van der Waals surface area contributed by atoms with Crippen LogP contribution in [0.3, 0.4) is 0 Å². The lowest BCUT2D eigenvalue weighted by Gasteiger charge is -2.31. The number of thiophene rings is 1. The number of pyridine rings is 2. The first kappa shape index (κ1) is 30.1. The lowest BCUT2D eigenvalue weighted by atomic mass is 9.95. The summed E-state index contributed by atoms with van der Waals surface area (Å²) in [5.41, 5.74) is 6.37. The highest BCUT2D eigenvalue weighted by Gasteiger charge is 2.49. The highest BCUT2D eigenvalue weighted by molar-refractivity contribution is 7.26. The quantitative estimate of drug-likeness (QED) is 0.257. The van der Waals surface area contributed by atoms with Crippen molar-refractivity contribution in [3.8, 4) is 29.6 Å². The van der Waals surface area contributed by atoms with E-state index in [1.807, 2.05) is 11.0 Å². The van der Waals surface area contributed by atoms with Crippen molar-refractivity contribution in [3.05, 3.63) is 41.8 Å². The van der Waals surface area contributed by atoms with E-state index in [-0.39, 0.29) is 42.7 Å². The summed E-state index contributed by atoms with van der Waals surface area (Å²) in [6.07, 6.45) is 8.86. The zero-order valence-corrected chi connectivity index (χ0v) is 26.6. The van der Waals surface area contributed by atoms with Gasteiger partial charge in [0, 0.05) is 42.0 Å². The van der Waals surface area contributed by atoms with Gasteiger partial charge in [-0.2, -0.15) is 9.97 Å². The van der Waals surface area contributed by atoms with Crippen LogP contribution in [0.4, 0.5) is 20.4 Å². The van der Waals surface area contributed by atoms with E-state index in [2.05, 4.69) is 15.8 Å². The molecule has 0 unspecified atom stereocenters. The Labute approximate surface area is 273 Å². The number of fused-ring (bicyclic) bond motifs is 5. The van der Waals surface area contributed by atoms with Gasteiger partial charge in [-0.05, 0) is 50.6 Å². The SMILES string of the molecule is C#Cc1c(F)ccc2nc(N)cc(-c3nccc4c3sc3nc(OC[C@@]56CCCN5C[C@H](F)C6)nc(N5CCOC[C@@](C)(O)C5)c34)c12. The van der Waals surface area contributed by atoms with Crippen molar-refractivity contribution in [2.24, 2.45) is 0 Å². The van der Waals surface area contributed by atoms with Crippen molar-refractivity contribution in [2.75, 3.05) is 56.6 Å². The van der Waals surface area contributed by atoms with Gasteiger partial charge in [-0.25, -0.2) is 13.8 Å². The van der Waals surface area contributed by atoms with E-state index in [9.17, 15) is 13.9 Å². The zero-order valence-electron chi connectivity index (χ0n) is 25.8. The molecule has 0 saturated carbocycles. The molecule has 7 heterocycles. The number of ether oxygens (including phenoxy) is 2. The van der Waals surface area contributed by atoms with Crippen LogP contribution in [0.15, 0.2) is 30.5 Å². The number of benzene rings is 1. The number of alkyl halides is 1. The first-order chi connectivity index (χ1) is 22.6. The summed E-state index contributed by atoms with van der Waals surface area (Å²) in [5.74, 6) is 2.77. The minimum atomic E-state index is -1.13. The van der Waals surface area contributed by atoms with E-state index in [0.29, 0.717) is 58.9 Å². The van der Waals surface area contributed by atoms with E-state index in [1.165, 1.54) is 17.4 Å². The molecule has 1 aromatic carbocycles. The molecule has 4 aromatic heterocycles. The fraction of sp³-hybridized carbons (Fsp3) is 0.412. The van der Waals surface area contributed by atoms with Crippen LogP contribution in [0.5, 0.6) is 6.01 Å². The maximum Gasteiger partial charge on any atom is 0.319 e. The van der Waals surface area contributed by atoms with E-state index in [1.54, 1.807) is 25.3 Å². The fourth-order valence-corrected chi connectivity index (χ4v) is 8.69. The molecule has 3 aliphatic heterocycles. The van der Waals surface area contributed by atoms with E-state index in [0.717, 1.165) is 34.9 Å². The third-order valence-corrected chi connectivity index (χ3v) is 10.6. The second-order valence-corrected chi connectivity index (χ2v) is 14.0. The first-order valence-corrected chi connectivity index (χ1v) is 16.5. The predicted molar refractivity (Wildman–Crippen MR) is 178 cm³/mol. The smallest absolute Gasteiger partial charge is 0.319 e. The molecule has 242 valence electrons. The standard InChI is InChI=1S/C34H33F2N7O3S/c1-3-20-23(36)5-6-24-26(20)22(13-25(37)39-24)28-29-21(7-9-38-28)27-30(42-11-12-45-17-33(2,44)16-42)40-32(41-31(27)47-29)46-18-34-8-4-10-43(34)15-19(35)14-34/h1,5-7,9,13,19,44H,4,8,10-12,14-18H2,2H3,(H2,37,39)/t19-,33+,34+/m1/s1. The molecule has 3 aliphatic rings. The zero-order chi connectivity index (χ0) is 32.5. The third kappa shape index (κ3) is 5.11. The largest absolute Gasteiger partial charge is 0.461 e. The maximum atomic E-state index is 15.0. The summed E-state index contributed by atoms with van der Waals surface area (Å²) in [5, 5.41) is 13.1. The lowest BCUT2D eigenvalue weighted by molar-refractivity contribution is -0.0123. The molecule has 3 atom stereocenters. The Kier molecular flexibility index (Phi) is 7.18. The third-order valence-electron chi connectivity index (χ3n) is 9.53. The summed E-state index contributed by atoms with van der Waals surface area (Å²) < 4.78 is 42.3. The summed E-state index contributed by atoms with van der Waals surface area (Å²) in [6, 6.07) is 6.57. The number of hydrogen-bond donors (Lipinski definition) is 2. The Balaban J connectivity index is 1.32. The summed E-state index contributed by atoms with van der Waals surface area (Å²) in [6.45, 7) is 4.61. The van der Waals surface area contributed by atoms with Crippen LogP contribution in [-0.2, 0) is 4.74 Å². The van der Waals surface area contributed by atoms with Gasteiger partial charge < -0.3 is 25.2 Å². The average molecular weight is 658 g/mol. The van der Waals surface area contributed by atoms with Crippen molar-refractivity contribution < 1.29 is 23.4 Å². The lowest BCUT2D eigenvalue weighted by Crippen LogP contribution is -2.43. The number of terminal acetylenes is 1. The average Bonchev–Trinajstić information content (AvgIpc) is 3.66. The van der Waals surface area contributed by atoms with Crippen LogP contribution >= 0.6 is 11.3 Å². The molecular weight excluding hydrogens is 624 g/mol. The van der Waals surface area contributed by atoms with E-state index < -0.39 is 17.6 Å². The van der Waals surface area contributed by atoms with Gasteiger partial charge in [0.2, 0.25) is 0 Å². The molecule has 47 heavy (non-hydrogen) atoms. The molecule has 0 aliphatic carbocycles. The first-order valence-electron chi connectivity index (χ1n) is 15.7. The number of anilines is 2. The number of nitrogens with two attached hydrogens (primary N) is 1. The topological polar surface area (TPSA) is 123 Å². The molecule has 3 fully saturated rings. The second-order valence-electron chi connectivity index (χ2n) is 13.0. The maximum absolute atomic E-state index is 15.0. The minimum Gasteiger partial charge on any atom is -0.461 e. The van der Waals surface area contributed by atoms with Crippen LogP contribution in [-0.4, -0.2) is 93.3 Å². The van der Waals surface area contributed by atoms with Crippen molar-refractivity contribution in [2.45, 2.75) is 43.5 Å². The molecule has 0 amide bonds. The molecule has 0 radical (unpaired) electrons. The molecular formula is C34H33F2N7O3S. The predicted octanol–water partition coefficient (Wildman–Crippen LogP) is 4.70. The van der Waals surface area contributed by atoms with Crippen molar-refractivity contribution in [3.63, 3.8) is 0 Å². The summed E-state index contributed by atoms with van der Waals surface area (Å²) >= 11 is 1.40. The molecule has 5 aromatic rings. The molecule has 3 saturated heterocycles. The normalized spacial score (nSPS) is 25.0. The highest BCUT2D eigenvalue weighted by Crippen LogP contribution is 2.45. The van der Waals surface area contributed by atoms with Crippen molar-refractivity contribution in [1.82, 2.24) is 24.8 Å². The van der Waals surface area contributed by atoms with E-state index in [4.69, 9.17) is 36.6 Å². The molecule has 13 heteroatoms. The Hall–Kier alpha value is -4.22. The van der Waals surface area contributed by atoms with Gasteiger partial charge in [0.15, 0.2) is 0 Å². The van der Waals surface area contributed by atoms with Crippen LogP contribution in [0.2, 0.25) is 0 Å². The number of aromatic nitrogens is 4. The molecule has 3 N–H and O–H groups in total. The van der Waals surface area contributed by atoms with Gasteiger partial charge in [-0.1, -0.05) is 5.92 Å². The van der Waals surface area contributed by atoms with Gasteiger partial charge >= 0.3 is 6.01 Å². The highest BCUT2D eigenvalue weighted by atomic mass is 32.1. The van der Waals surface area contributed by atoms with Gasteiger partial charge in [0.05, 0.1) is 52.2 Å². The summed E-state index contributed by atoms with van der Waals surface area (Å²) in [4.78, 5) is 23.8. The minimum absolute atomic E-state index is 0.0793. The molecule has 10 nitrogen and oxygen atoms in total. The number of aliphatic hydroxyl groups is 1. The fourth-order valence-electron chi connectivity index (χ4n) is 7.53. The number of rotatable bonds is 5. The molecule has 0 bridgehead atoms. The Morgan fingerprint density at radius 3 is 2.96 bits per heavy atom. The van der Waals surface area contributed by atoms with Gasteiger partial charge in [-0.15, -0.1) is 17.8 Å². The molecule has 8 rings (SSSR count). The van der Waals surface area contributed by atoms with Gasteiger partial charge in [-0.3, -0.25) is 9.88 Å². The van der Waals surface area contributed by atoms with Gasteiger partial charge in [0.25, 0.3) is 0 Å². The van der Waals surface area contributed by atoms with Crippen LogP contribution in [0.1, 0.15) is 31.7 Å². The number of halogens is 2. The van der Waals surface area contributed by atoms with E-state index >= 15 is 0 Å². The van der Waals surface area contributed by atoms with Crippen LogP contribution in [0, 0.1) is 18.2 Å². The Morgan fingerprint density at radius 2 is 2.11 bits per heavy atom.